The molecule has 0 amide bonds. The average Bonchev–Trinajstić information content (AvgIpc) is 2.69. The molecule has 0 spiro atoms. The first kappa shape index (κ1) is 18.7. The fourth-order valence-electron chi connectivity index (χ4n) is 4.01. The molecule has 1 aliphatic heterocycles. The van der Waals surface area contributed by atoms with Gasteiger partial charge in [0, 0.05) is 29.0 Å². The second kappa shape index (κ2) is 7.76. The second-order valence-electron chi connectivity index (χ2n) is 7.55. The van der Waals surface area contributed by atoms with Gasteiger partial charge >= 0.3 is 5.63 Å². The zero-order valence-electron chi connectivity index (χ0n) is 16.3. The summed E-state index contributed by atoms with van der Waals surface area (Å²) in [6.07, 6.45) is 2.69. The maximum absolute atomic E-state index is 13.1. The van der Waals surface area contributed by atoms with Crippen molar-refractivity contribution >= 4 is 11.0 Å². The van der Waals surface area contributed by atoms with E-state index in [0.29, 0.717) is 12.3 Å². The smallest absolute Gasteiger partial charge is 0.336 e. The van der Waals surface area contributed by atoms with E-state index in [2.05, 4.69) is 13.0 Å². The minimum atomic E-state index is -0.304. The number of fused-ring (bicyclic) bond motifs is 2. The third-order valence-electron chi connectivity index (χ3n) is 5.44. The Morgan fingerprint density at radius 1 is 1.14 bits per heavy atom. The average molecular weight is 382 g/mol. The molecule has 5 heteroatoms. The Bertz CT molecular complexity index is 1060. The zero-order valence-corrected chi connectivity index (χ0v) is 16.3. The van der Waals surface area contributed by atoms with E-state index in [-0.39, 0.29) is 11.4 Å². The number of rotatable bonds is 5. The predicted molar refractivity (Wildman–Crippen MR) is 106 cm³/mol. The molecule has 0 radical (unpaired) electrons. The van der Waals surface area contributed by atoms with Gasteiger partial charge < -0.3 is 9.15 Å². The molecule has 28 heavy (non-hydrogen) atoms. The van der Waals surface area contributed by atoms with Crippen LogP contribution in [-0.4, -0.2) is 13.3 Å². The number of aryl methyl sites for hydroxylation is 2. The molecule has 0 saturated carbocycles. The van der Waals surface area contributed by atoms with Crippen molar-refractivity contribution < 1.29 is 18.4 Å². The van der Waals surface area contributed by atoms with Crippen molar-refractivity contribution in [1.29, 1.82) is 0 Å². The van der Waals surface area contributed by atoms with Crippen LogP contribution >= 0.6 is 0 Å². The summed E-state index contributed by atoms with van der Waals surface area (Å²) >= 11 is 0. The van der Waals surface area contributed by atoms with Crippen LogP contribution in [0.4, 0.5) is 4.39 Å². The zero-order chi connectivity index (χ0) is 19.7. The SMILES string of the molecule is CCCc1cc(=O)oc2c(C)c3c(cc12)C[NH+](CCc1ccc(F)cc1)CO3. The monoisotopic (exact) mass is 382 g/mol. The van der Waals surface area contributed by atoms with Gasteiger partial charge in [-0.05, 0) is 42.7 Å². The largest absolute Gasteiger partial charge is 0.444 e. The fraction of sp³-hybridized carbons (Fsp3) is 0.348. The minimum absolute atomic E-state index is 0.205. The molecule has 1 atom stereocenters. The molecule has 0 bridgehead atoms. The van der Waals surface area contributed by atoms with Gasteiger partial charge in [0.05, 0.1) is 6.54 Å². The van der Waals surface area contributed by atoms with Crippen LogP contribution in [0, 0.1) is 12.7 Å². The van der Waals surface area contributed by atoms with Gasteiger partial charge in [0.1, 0.15) is 23.7 Å². The van der Waals surface area contributed by atoms with Crippen LogP contribution in [0.2, 0.25) is 0 Å². The van der Waals surface area contributed by atoms with Crippen LogP contribution in [-0.2, 0) is 19.4 Å². The molecule has 0 fully saturated rings. The molecule has 4 nitrogen and oxygen atoms in total. The van der Waals surface area contributed by atoms with Gasteiger partial charge in [-0.25, -0.2) is 9.18 Å². The second-order valence-corrected chi connectivity index (χ2v) is 7.55. The van der Waals surface area contributed by atoms with Crippen molar-refractivity contribution in [2.45, 2.75) is 39.7 Å². The van der Waals surface area contributed by atoms with Crippen LogP contribution in [0.15, 0.2) is 45.6 Å². The lowest BCUT2D eigenvalue weighted by molar-refractivity contribution is -0.932. The van der Waals surface area contributed by atoms with Crippen LogP contribution in [0.3, 0.4) is 0 Å². The topological polar surface area (TPSA) is 43.9 Å². The van der Waals surface area contributed by atoms with Crippen molar-refractivity contribution in [3.8, 4) is 5.75 Å². The molecule has 1 unspecified atom stereocenters. The van der Waals surface area contributed by atoms with Crippen LogP contribution in [0.1, 0.15) is 35.6 Å². The molecule has 1 N–H and O–H groups in total. The molecule has 4 rings (SSSR count). The summed E-state index contributed by atoms with van der Waals surface area (Å²) in [6.45, 7) is 6.41. The molecular weight excluding hydrogens is 357 g/mol. The number of benzene rings is 2. The molecule has 1 aliphatic rings. The first-order chi connectivity index (χ1) is 13.5. The Labute approximate surface area is 163 Å². The van der Waals surface area contributed by atoms with Crippen molar-refractivity contribution in [3.05, 3.63) is 74.9 Å². The maximum atomic E-state index is 13.1. The lowest BCUT2D eigenvalue weighted by Gasteiger charge is -2.27. The molecule has 3 aromatic rings. The summed E-state index contributed by atoms with van der Waals surface area (Å²) in [5, 5.41) is 1.01. The summed E-state index contributed by atoms with van der Waals surface area (Å²) in [4.78, 5) is 13.3. The molecule has 0 saturated heterocycles. The van der Waals surface area contributed by atoms with Gasteiger partial charge in [0.25, 0.3) is 0 Å². The van der Waals surface area contributed by atoms with E-state index < -0.39 is 0 Å². The fourth-order valence-corrected chi connectivity index (χ4v) is 4.01. The van der Waals surface area contributed by atoms with Crippen LogP contribution < -0.4 is 15.3 Å². The van der Waals surface area contributed by atoms with Gasteiger partial charge in [0.2, 0.25) is 6.73 Å². The molecule has 2 heterocycles. The summed E-state index contributed by atoms with van der Waals surface area (Å²) < 4.78 is 24.6. The predicted octanol–water partition coefficient (Wildman–Crippen LogP) is 3.17. The van der Waals surface area contributed by atoms with Crippen molar-refractivity contribution in [3.63, 3.8) is 0 Å². The quantitative estimate of drug-likeness (QED) is 0.690. The maximum Gasteiger partial charge on any atom is 0.336 e. The lowest BCUT2D eigenvalue weighted by atomic mass is 9.98. The Balaban J connectivity index is 1.60. The summed E-state index contributed by atoms with van der Waals surface area (Å²) in [5.41, 5.74) is 4.56. The summed E-state index contributed by atoms with van der Waals surface area (Å²) in [5.74, 6) is 0.637. The standard InChI is InChI=1S/C23H24FNO3/c1-3-4-17-12-21(26)28-23-15(2)22-18(11-20(17)23)13-25(14-27-22)10-9-16-5-7-19(24)8-6-16/h5-8,11-12H,3-4,9-10,13-14H2,1-2H3/p+1. The number of quaternary nitrogens is 1. The first-order valence-corrected chi connectivity index (χ1v) is 9.85. The molecule has 2 aromatic carbocycles. The van der Waals surface area contributed by atoms with Crippen molar-refractivity contribution in [1.82, 2.24) is 0 Å². The van der Waals surface area contributed by atoms with E-state index >= 15 is 0 Å². The van der Waals surface area contributed by atoms with E-state index in [1.165, 1.54) is 17.0 Å². The number of nitrogens with one attached hydrogen (secondary N) is 1. The summed E-state index contributed by atoms with van der Waals surface area (Å²) in [7, 11) is 0. The van der Waals surface area contributed by atoms with Crippen LogP contribution in [0.5, 0.6) is 5.75 Å². The molecule has 1 aromatic heterocycles. The van der Waals surface area contributed by atoms with Crippen LogP contribution in [0.25, 0.3) is 11.0 Å². The van der Waals surface area contributed by atoms with Gasteiger partial charge in [-0.3, -0.25) is 4.90 Å². The van der Waals surface area contributed by atoms with E-state index in [9.17, 15) is 9.18 Å². The summed E-state index contributed by atoms with van der Waals surface area (Å²) in [6, 6.07) is 10.4. The highest BCUT2D eigenvalue weighted by Crippen LogP contribution is 2.33. The van der Waals surface area contributed by atoms with E-state index in [1.54, 1.807) is 6.07 Å². The molecule has 146 valence electrons. The lowest BCUT2D eigenvalue weighted by Crippen LogP contribution is -3.12. The number of hydrogen-bond donors (Lipinski definition) is 1. The third-order valence-corrected chi connectivity index (χ3v) is 5.44. The Morgan fingerprint density at radius 3 is 2.68 bits per heavy atom. The number of hydrogen-bond acceptors (Lipinski definition) is 3. The van der Waals surface area contributed by atoms with E-state index in [0.717, 1.165) is 65.7 Å². The Kier molecular flexibility index (Phi) is 5.18. The van der Waals surface area contributed by atoms with Crippen molar-refractivity contribution in [2.75, 3.05) is 13.3 Å². The van der Waals surface area contributed by atoms with Gasteiger partial charge in [-0.1, -0.05) is 25.5 Å². The molecule has 0 aliphatic carbocycles. The number of halogens is 1. The minimum Gasteiger partial charge on any atom is -0.444 e. The third kappa shape index (κ3) is 3.67. The van der Waals surface area contributed by atoms with E-state index in [1.807, 2.05) is 19.1 Å². The molecular formula is C23H25FNO3+. The Morgan fingerprint density at radius 2 is 1.93 bits per heavy atom. The highest BCUT2D eigenvalue weighted by molar-refractivity contribution is 5.86. The van der Waals surface area contributed by atoms with Gasteiger partial charge in [-0.2, -0.15) is 0 Å². The van der Waals surface area contributed by atoms with E-state index in [4.69, 9.17) is 9.15 Å². The highest BCUT2D eigenvalue weighted by Gasteiger charge is 2.25. The first-order valence-electron chi connectivity index (χ1n) is 9.85. The van der Waals surface area contributed by atoms with Gasteiger partial charge in [0.15, 0.2) is 0 Å². The van der Waals surface area contributed by atoms with Crippen molar-refractivity contribution in [2.24, 2.45) is 0 Å². The Hall–Kier alpha value is -2.66. The highest BCUT2D eigenvalue weighted by atomic mass is 19.1. The van der Waals surface area contributed by atoms with Gasteiger partial charge in [-0.15, -0.1) is 0 Å². The normalized spacial score (nSPS) is 16.0. The number of ether oxygens (including phenoxy) is 1.